The standard InChI is InChI=1S/C19H16N4O/c1-3-15-17(21-23-11-6-10-20-18(15)23)19(24)22-12-9-14-7-4-5-8-16(14)13(22)2/h1,4-8,10-11,13H,9,12H2,2H3. The number of hydrogen-bond acceptors (Lipinski definition) is 3. The highest BCUT2D eigenvalue weighted by atomic mass is 16.2. The second kappa shape index (κ2) is 5.50. The minimum Gasteiger partial charge on any atom is -0.330 e. The van der Waals surface area contributed by atoms with E-state index >= 15 is 0 Å². The van der Waals surface area contributed by atoms with Gasteiger partial charge in [0.25, 0.3) is 5.91 Å². The van der Waals surface area contributed by atoms with Crippen LogP contribution < -0.4 is 0 Å². The quantitative estimate of drug-likeness (QED) is 0.648. The van der Waals surface area contributed by atoms with Gasteiger partial charge in [0.2, 0.25) is 0 Å². The van der Waals surface area contributed by atoms with Gasteiger partial charge in [-0.1, -0.05) is 30.2 Å². The van der Waals surface area contributed by atoms with Crippen molar-refractivity contribution in [3.8, 4) is 12.3 Å². The molecule has 0 saturated heterocycles. The number of terminal acetylenes is 1. The molecular weight excluding hydrogens is 300 g/mol. The third kappa shape index (κ3) is 2.08. The number of hydrogen-bond donors (Lipinski definition) is 0. The largest absolute Gasteiger partial charge is 0.330 e. The Bertz CT molecular complexity index is 982. The highest BCUT2D eigenvalue weighted by Gasteiger charge is 2.31. The van der Waals surface area contributed by atoms with Crippen molar-refractivity contribution < 1.29 is 4.79 Å². The van der Waals surface area contributed by atoms with E-state index < -0.39 is 0 Å². The van der Waals surface area contributed by atoms with Crippen molar-refractivity contribution >= 4 is 11.6 Å². The number of carbonyl (C=O) groups is 1. The predicted octanol–water partition coefficient (Wildman–Crippen LogP) is 2.47. The zero-order valence-corrected chi connectivity index (χ0v) is 13.3. The first-order valence-corrected chi connectivity index (χ1v) is 7.89. The summed E-state index contributed by atoms with van der Waals surface area (Å²) in [4.78, 5) is 19.2. The lowest BCUT2D eigenvalue weighted by Crippen LogP contribution is -2.39. The molecule has 4 rings (SSSR count). The van der Waals surface area contributed by atoms with Crippen LogP contribution in [-0.2, 0) is 6.42 Å². The zero-order chi connectivity index (χ0) is 16.7. The van der Waals surface area contributed by atoms with Gasteiger partial charge < -0.3 is 4.90 Å². The molecular formula is C19H16N4O. The van der Waals surface area contributed by atoms with Gasteiger partial charge in [-0.2, -0.15) is 5.10 Å². The Morgan fingerprint density at radius 3 is 3.00 bits per heavy atom. The van der Waals surface area contributed by atoms with Crippen molar-refractivity contribution in [2.24, 2.45) is 0 Å². The second-order valence-corrected chi connectivity index (χ2v) is 5.88. The van der Waals surface area contributed by atoms with Crippen LogP contribution in [0, 0.1) is 12.3 Å². The second-order valence-electron chi connectivity index (χ2n) is 5.88. The molecule has 1 aliphatic rings. The smallest absolute Gasteiger partial charge is 0.276 e. The minimum absolute atomic E-state index is 0.00848. The van der Waals surface area contributed by atoms with Crippen LogP contribution in [0.2, 0.25) is 0 Å². The summed E-state index contributed by atoms with van der Waals surface area (Å²) in [6.45, 7) is 2.70. The molecule has 1 aliphatic heterocycles. The van der Waals surface area contributed by atoms with Crippen LogP contribution in [0.5, 0.6) is 0 Å². The maximum Gasteiger partial charge on any atom is 0.276 e. The predicted molar refractivity (Wildman–Crippen MR) is 90.5 cm³/mol. The van der Waals surface area contributed by atoms with Gasteiger partial charge in [0, 0.05) is 18.9 Å². The van der Waals surface area contributed by atoms with Gasteiger partial charge in [0.15, 0.2) is 11.3 Å². The SMILES string of the molecule is C#Cc1c(C(=O)N2CCc3ccccc3C2C)nn2cccnc12. The highest BCUT2D eigenvalue weighted by Crippen LogP contribution is 2.30. The van der Waals surface area contributed by atoms with Crippen molar-refractivity contribution in [3.63, 3.8) is 0 Å². The number of fused-ring (bicyclic) bond motifs is 2. The van der Waals surface area contributed by atoms with Gasteiger partial charge in [-0.3, -0.25) is 4.79 Å². The average molecular weight is 316 g/mol. The third-order valence-electron chi connectivity index (χ3n) is 4.60. The molecule has 3 heterocycles. The molecule has 118 valence electrons. The first-order valence-electron chi connectivity index (χ1n) is 7.89. The van der Waals surface area contributed by atoms with Gasteiger partial charge in [-0.25, -0.2) is 9.50 Å². The van der Waals surface area contributed by atoms with Crippen molar-refractivity contribution in [2.45, 2.75) is 19.4 Å². The lowest BCUT2D eigenvalue weighted by atomic mass is 9.93. The van der Waals surface area contributed by atoms with E-state index in [0.717, 1.165) is 6.42 Å². The van der Waals surface area contributed by atoms with E-state index in [1.807, 2.05) is 24.0 Å². The maximum absolute atomic E-state index is 13.1. The molecule has 1 unspecified atom stereocenters. The molecule has 0 fully saturated rings. The molecule has 0 aliphatic carbocycles. The maximum atomic E-state index is 13.1. The number of benzene rings is 1. The van der Waals surface area contributed by atoms with Crippen molar-refractivity contribution in [2.75, 3.05) is 6.54 Å². The summed E-state index contributed by atoms with van der Waals surface area (Å²) in [6.07, 6.45) is 9.85. The summed E-state index contributed by atoms with van der Waals surface area (Å²) in [5.41, 5.74) is 3.76. The molecule has 24 heavy (non-hydrogen) atoms. The van der Waals surface area contributed by atoms with E-state index in [1.165, 1.54) is 11.1 Å². The molecule has 1 aromatic carbocycles. The van der Waals surface area contributed by atoms with Gasteiger partial charge in [-0.15, -0.1) is 6.42 Å². The summed E-state index contributed by atoms with van der Waals surface area (Å²) in [5, 5.41) is 4.37. The van der Waals surface area contributed by atoms with E-state index in [-0.39, 0.29) is 11.9 Å². The fraction of sp³-hybridized carbons (Fsp3) is 0.211. The van der Waals surface area contributed by atoms with E-state index in [9.17, 15) is 4.79 Å². The Balaban J connectivity index is 1.77. The first kappa shape index (κ1) is 14.5. The van der Waals surface area contributed by atoms with Crippen molar-refractivity contribution in [3.05, 3.63) is 65.1 Å². The van der Waals surface area contributed by atoms with Crippen LogP contribution >= 0.6 is 0 Å². The Labute approximate surface area is 139 Å². The molecule has 0 N–H and O–H groups in total. The zero-order valence-electron chi connectivity index (χ0n) is 13.3. The van der Waals surface area contributed by atoms with Crippen LogP contribution in [0.15, 0.2) is 42.7 Å². The summed E-state index contributed by atoms with van der Waals surface area (Å²) in [7, 11) is 0. The van der Waals surface area contributed by atoms with Gasteiger partial charge in [0.05, 0.1) is 6.04 Å². The summed E-state index contributed by atoms with van der Waals surface area (Å²) >= 11 is 0. The Morgan fingerprint density at radius 1 is 1.33 bits per heavy atom. The summed E-state index contributed by atoms with van der Waals surface area (Å²) in [6, 6.07) is 9.99. The average Bonchev–Trinajstić information content (AvgIpc) is 3.00. The molecule has 1 amide bonds. The third-order valence-corrected chi connectivity index (χ3v) is 4.60. The Kier molecular flexibility index (Phi) is 3.31. The van der Waals surface area contributed by atoms with Crippen LogP contribution in [-0.4, -0.2) is 31.9 Å². The molecule has 2 aromatic heterocycles. The highest BCUT2D eigenvalue weighted by molar-refractivity contribution is 5.97. The molecule has 5 nitrogen and oxygen atoms in total. The van der Waals surface area contributed by atoms with Crippen LogP contribution in [0.1, 0.15) is 40.1 Å². The molecule has 0 saturated carbocycles. The molecule has 0 radical (unpaired) electrons. The molecule has 3 aromatic rings. The van der Waals surface area contributed by atoms with E-state index in [4.69, 9.17) is 6.42 Å². The number of nitrogens with zero attached hydrogens (tertiary/aromatic N) is 4. The fourth-order valence-electron chi connectivity index (χ4n) is 3.35. The van der Waals surface area contributed by atoms with Crippen LogP contribution in [0.25, 0.3) is 5.65 Å². The van der Waals surface area contributed by atoms with Gasteiger partial charge in [0.1, 0.15) is 5.56 Å². The Morgan fingerprint density at radius 2 is 2.17 bits per heavy atom. The van der Waals surface area contributed by atoms with Gasteiger partial charge in [-0.05, 0) is 30.5 Å². The molecule has 5 heteroatoms. The van der Waals surface area contributed by atoms with Crippen molar-refractivity contribution in [1.82, 2.24) is 19.5 Å². The summed E-state index contributed by atoms with van der Waals surface area (Å²) in [5.74, 6) is 2.44. The molecule has 0 spiro atoms. The normalized spacial score (nSPS) is 16.7. The number of aromatic nitrogens is 3. The van der Waals surface area contributed by atoms with Gasteiger partial charge >= 0.3 is 0 Å². The van der Waals surface area contributed by atoms with Crippen LogP contribution in [0.3, 0.4) is 0 Å². The van der Waals surface area contributed by atoms with E-state index in [2.05, 4.69) is 28.1 Å². The van der Waals surface area contributed by atoms with E-state index in [1.54, 1.807) is 23.0 Å². The lowest BCUT2D eigenvalue weighted by molar-refractivity contribution is 0.0671. The number of carbonyl (C=O) groups excluding carboxylic acids is 1. The summed E-state index contributed by atoms with van der Waals surface area (Å²) < 4.78 is 1.56. The first-order chi connectivity index (χ1) is 11.7. The monoisotopic (exact) mass is 316 g/mol. The Hall–Kier alpha value is -3.13. The molecule has 1 atom stereocenters. The lowest BCUT2D eigenvalue weighted by Gasteiger charge is -2.34. The number of rotatable bonds is 1. The fourth-order valence-corrected chi connectivity index (χ4v) is 3.35. The molecule has 0 bridgehead atoms. The van der Waals surface area contributed by atoms with E-state index in [0.29, 0.717) is 23.4 Å². The van der Waals surface area contributed by atoms with Crippen LogP contribution in [0.4, 0.5) is 0 Å². The number of amides is 1. The van der Waals surface area contributed by atoms with Crippen molar-refractivity contribution in [1.29, 1.82) is 0 Å². The topological polar surface area (TPSA) is 50.5 Å². The minimum atomic E-state index is -0.143.